The number of hydrogen-bond donors (Lipinski definition) is 0. The Morgan fingerprint density at radius 2 is 1.76 bits per heavy atom. The molecule has 0 radical (unpaired) electrons. The van der Waals surface area contributed by atoms with Crippen LogP contribution < -0.4 is 5.43 Å². The molecular formula is C15H18O2. The van der Waals surface area contributed by atoms with E-state index in [1.807, 2.05) is 32.0 Å². The van der Waals surface area contributed by atoms with Gasteiger partial charge in [-0.1, -0.05) is 32.9 Å². The van der Waals surface area contributed by atoms with Crippen LogP contribution in [0.5, 0.6) is 0 Å². The molecule has 0 N–H and O–H groups in total. The maximum atomic E-state index is 12.4. The minimum atomic E-state index is -0.152. The van der Waals surface area contributed by atoms with Crippen LogP contribution in [0, 0.1) is 13.8 Å². The predicted octanol–water partition coefficient (Wildman–Crippen LogP) is 3.71. The standard InChI is InChI=1S/C15H18O2/c1-9-7-6-8-11-12(9)13(16)10(2)14(17-11)15(3,4)5/h6-8H,1-5H3. The van der Waals surface area contributed by atoms with E-state index in [0.717, 1.165) is 16.9 Å². The van der Waals surface area contributed by atoms with Crippen LogP contribution in [0.4, 0.5) is 0 Å². The van der Waals surface area contributed by atoms with Gasteiger partial charge in [0.15, 0.2) is 5.43 Å². The molecule has 0 atom stereocenters. The lowest BCUT2D eigenvalue weighted by Gasteiger charge is -2.20. The summed E-state index contributed by atoms with van der Waals surface area (Å²) in [5.74, 6) is 0.778. The van der Waals surface area contributed by atoms with E-state index in [0.29, 0.717) is 11.0 Å². The summed E-state index contributed by atoms with van der Waals surface area (Å²) in [4.78, 5) is 12.4. The lowest BCUT2D eigenvalue weighted by molar-refractivity contribution is 0.416. The minimum absolute atomic E-state index is 0.0919. The van der Waals surface area contributed by atoms with Gasteiger partial charge >= 0.3 is 0 Å². The van der Waals surface area contributed by atoms with Gasteiger partial charge in [-0.05, 0) is 25.5 Å². The Morgan fingerprint density at radius 1 is 1.12 bits per heavy atom. The second kappa shape index (κ2) is 3.73. The van der Waals surface area contributed by atoms with Gasteiger partial charge in [0.2, 0.25) is 0 Å². The Kier molecular flexibility index (Phi) is 2.61. The van der Waals surface area contributed by atoms with Crippen LogP contribution in [0.25, 0.3) is 11.0 Å². The van der Waals surface area contributed by atoms with Crippen LogP contribution in [-0.4, -0.2) is 0 Å². The van der Waals surface area contributed by atoms with E-state index in [1.165, 1.54) is 0 Å². The van der Waals surface area contributed by atoms with Gasteiger partial charge in [0.05, 0.1) is 5.39 Å². The molecule has 2 aromatic rings. The number of hydrogen-bond acceptors (Lipinski definition) is 2. The van der Waals surface area contributed by atoms with Crippen molar-refractivity contribution in [3.8, 4) is 0 Å². The highest BCUT2D eigenvalue weighted by Gasteiger charge is 2.22. The van der Waals surface area contributed by atoms with E-state index in [2.05, 4.69) is 20.8 Å². The van der Waals surface area contributed by atoms with E-state index in [4.69, 9.17) is 4.42 Å². The monoisotopic (exact) mass is 230 g/mol. The number of benzene rings is 1. The van der Waals surface area contributed by atoms with Gasteiger partial charge in [-0.25, -0.2) is 0 Å². The van der Waals surface area contributed by atoms with E-state index in [-0.39, 0.29) is 10.8 Å². The number of aryl methyl sites for hydroxylation is 1. The average Bonchev–Trinajstić information content (AvgIpc) is 2.21. The van der Waals surface area contributed by atoms with Crippen molar-refractivity contribution in [2.45, 2.75) is 40.0 Å². The van der Waals surface area contributed by atoms with Crippen molar-refractivity contribution in [2.75, 3.05) is 0 Å². The van der Waals surface area contributed by atoms with Crippen molar-refractivity contribution in [3.63, 3.8) is 0 Å². The molecule has 0 saturated heterocycles. The maximum Gasteiger partial charge on any atom is 0.196 e. The second-order valence-corrected chi connectivity index (χ2v) is 5.58. The zero-order chi connectivity index (χ0) is 12.8. The first-order chi connectivity index (χ1) is 7.82. The Morgan fingerprint density at radius 3 is 2.35 bits per heavy atom. The van der Waals surface area contributed by atoms with E-state index in [9.17, 15) is 4.79 Å². The highest BCUT2D eigenvalue weighted by atomic mass is 16.3. The quantitative estimate of drug-likeness (QED) is 0.690. The smallest absolute Gasteiger partial charge is 0.196 e. The summed E-state index contributed by atoms with van der Waals surface area (Å²) in [7, 11) is 0. The van der Waals surface area contributed by atoms with Gasteiger partial charge in [0.25, 0.3) is 0 Å². The van der Waals surface area contributed by atoms with E-state index in [1.54, 1.807) is 0 Å². The SMILES string of the molecule is Cc1c(C(C)(C)C)oc2cccc(C)c2c1=O. The van der Waals surface area contributed by atoms with Crippen LogP contribution >= 0.6 is 0 Å². The molecule has 2 rings (SSSR count). The fourth-order valence-electron chi connectivity index (χ4n) is 2.21. The normalized spacial score (nSPS) is 12.1. The van der Waals surface area contributed by atoms with Gasteiger partial charge in [-0.15, -0.1) is 0 Å². The molecule has 1 aromatic heterocycles. The Bertz CT molecular complexity index is 628. The molecule has 0 saturated carbocycles. The molecule has 0 aliphatic carbocycles. The summed E-state index contributed by atoms with van der Waals surface area (Å²) >= 11 is 0. The molecule has 17 heavy (non-hydrogen) atoms. The summed E-state index contributed by atoms with van der Waals surface area (Å²) in [5.41, 5.74) is 2.32. The van der Waals surface area contributed by atoms with Crippen LogP contribution in [0.1, 0.15) is 37.7 Å². The van der Waals surface area contributed by atoms with Gasteiger partial charge in [-0.2, -0.15) is 0 Å². The van der Waals surface area contributed by atoms with E-state index < -0.39 is 0 Å². The molecular weight excluding hydrogens is 212 g/mol. The lowest BCUT2D eigenvalue weighted by Crippen LogP contribution is -2.19. The molecule has 0 fully saturated rings. The van der Waals surface area contributed by atoms with Crippen LogP contribution in [0.3, 0.4) is 0 Å². The van der Waals surface area contributed by atoms with Crippen LogP contribution in [0.15, 0.2) is 27.4 Å². The Balaban J connectivity index is 2.95. The fraction of sp³-hybridized carbons (Fsp3) is 0.400. The topological polar surface area (TPSA) is 30.2 Å². The zero-order valence-electron chi connectivity index (χ0n) is 11.0. The third-order valence-electron chi connectivity index (χ3n) is 3.04. The van der Waals surface area contributed by atoms with Crippen molar-refractivity contribution >= 4 is 11.0 Å². The van der Waals surface area contributed by atoms with Gasteiger partial charge in [0.1, 0.15) is 11.3 Å². The van der Waals surface area contributed by atoms with Crippen molar-refractivity contribution in [3.05, 3.63) is 45.3 Å². The van der Waals surface area contributed by atoms with Gasteiger partial charge in [-0.3, -0.25) is 4.79 Å². The Hall–Kier alpha value is -1.57. The summed E-state index contributed by atoms with van der Waals surface area (Å²) in [6.07, 6.45) is 0. The van der Waals surface area contributed by atoms with E-state index >= 15 is 0 Å². The predicted molar refractivity (Wildman–Crippen MR) is 70.7 cm³/mol. The first kappa shape index (κ1) is 11.9. The summed E-state index contributed by atoms with van der Waals surface area (Å²) in [6, 6.07) is 5.72. The molecule has 0 bridgehead atoms. The van der Waals surface area contributed by atoms with Crippen LogP contribution in [-0.2, 0) is 5.41 Å². The lowest BCUT2D eigenvalue weighted by atomic mass is 9.89. The first-order valence-electron chi connectivity index (χ1n) is 5.86. The molecule has 0 unspecified atom stereocenters. The average molecular weight is 230 g/mol. The summed E-state index contributed by atoms with van der Waals surface area (Å²) in [5, 5.41) is 0.706. The first-order valence-corrected chi connectivity index (χ1v) is 5.86. The van der Waals surface area contributed by atoms with Crippen molar-refractivity contribution in [2.24, 2.45) is 0 Å². The fourth-order valence-corrected chi connectivity index (χ4v) is 2.21. The second-order valence-electron chi connectivity index (χ2n) is 5.58. The van der Waals surface area contributed by atoms with Gasteiger partial charge in [0, 0.05) is 11.0 Å². The van der Waals surface area contributed by atoms with Crippen molar-refractivity contribution in [1.82, 2.24) is 0 Å². The third-order valence-corrected chi connectivity index (χ3v) is 3.04. The molecule has 0 aliphatic heterocycles. The molecule has 1 aromatic carbocycles. The molecule has 0 spiro atoms. The van der Waals surface area contributed by atoms with Crippen molar-refractivity contribution < 1.29 is 4.42 Å². The molecule has 0 amide bonds. The molecule has 2 heteroatoms. The number of fused-ring (bicyclic) bond motifs is 1. The zero-order valence-corrected chi connectivity index (χ0v) is 11.0. The highest BCUT2D eigenvalue weighted by Crippen LogP contribution is 2.27. The summed E-state index contributed by atoms with van der Waals surface area (Å²) < 4.78 is 5.92. The third kappa shape index (κ3) is 1.88. The highest BCUT2D eigenvalue weighted by molar-refractivity contribution is 5.80. The van der Waals surface area contributed by atoms with Crippen molar-refractivity contribution in [1.29, 1.82) is 0 Å². The number of rotatable bonds is 0. The molecule has 1 heterocycles. The molecule has 90 valence electrons. The Labute approximate surface area is 101 Å². The minimum Gasteiger partial charge on any atom is -0.460 e. The molecule has 0 aliphatic rings. The summed E-state index contributed by atoms with van der Waals surface area (Å²) in [6.45, 7) is 9.95. The van der Waals surface area contributed by atoms with Gasteiger partial charge < -0.3 is 4.42 Å². The van der Waals surface area contributed by atoms with Crippen LogP contribution in [0.2, 0.25) is 0 Å². The molecule has 2 nitrogen and oxygen atoms in total. The maximum absolute atomic E-state index is 12.4. The largest absolute Gasteiger partial charge is 0.460 e.